The maximum absolute atomic E-state index is 10.9. The molecule has 1 heterocycles. The molecule has 2 atom stereocenters. The minimum Gasteiger partial charge on any atom is -0.354 e. The summed E-state index contributed by atoms with van der Waals surface area (Å²) in [5, 5.41) is 6.31. The number of rotatable bonds is 3. The summed E-state index contributed by atoms with van der Waals surface area (Å²) in [5.74, 6) is 0.960. The second-order valence-corrected chi connectivity index (χ2v) is 4.26. The largest absolute Gasteiger partial charge is 0.354 e. The van der Waals surface area contributed by atoms with Crippen LogP contribution in [0.1, 0.15) is 25.7 Å². The Labute approximate surface area is 84.9 Å². The highest BCUT2D eigenvalue weighted by Crippen LogP contribution is 2.17. The van der Waals surface area contributed by atoms with E-state index in [1.807, 2.05) is 0 Å². The van der Waals surface area contributed by atoms with Gasteiger partial charge in [-0.1, -0.05) is 12.2 Å². The van der Waals surface area contributed by atoms with E-state index in [9.17, 15) is 4.79 Å². The van der Waals surface area contributed by atoms with Crippen molar-refractivity contribution >= 4 is 5.91 Å². The maximum atomic E-state index is 10.9. The molecule has 2 aliphatic rings. The molecule has 0 aromatic rings. The first-order chi connectivity index (χ1) is 6.84. The van der Waals surface area contributed by atoms with Crippen LogP contribution in [0.25, 0.3) is 0 Å². The van der Waals surface area contributed by atoms with Crippen molar-refractivity contribution < 1.29 is 4.79 Å². The standard InChI is InChI=1S/C11H18N2O/c14-11-6-10(8-13-11)12-7-9-4-2-1-3-5-9/h1-2,9-10,12H,3-8H2,(H,13,14). The Morgan fingerprint density at radius 2 is 2.43 bits per heavy atom. The molecule has 78 valence electrons. The minimum atomic E-state index is 0.186. The van der Waals surface area contributed by atoms with E-state index in [0.717, 1.165) is 19.0 Å². The molecule has 0 aromatic heterocycles. The first-order valence-corrected chi connectivity index (χ1v) is 5.49. The molecule has 1 amide bonds. The average Bonchev–Trinajstić information content (AvgIpc) is 2.63. The summed E-state index contributed by atoms with van der Waals surface area (Å²) >= 11 is 0. The zero-order chi connectivity index (χ0) is 9.80. The van der Waals surface area contributed by atoms with Gasteiger partial charge in [-0.3, -0.25) is 4.79 Å². The van der Waals surface area contributed by atoms with Gasteiger partial charge in [-0.05, 0) is 31.7 Å². The Bertz CT molecular complexity index is 233. The van der Waals surface area contributed by atoms with Gasteiger partial charge in [0.2, 0.25) is 5.91 Å². The molecule has 3 nitrogen and oxygen atoms in total. The van der Waals surface area contributed by atoms with E-state index in [2.05, 4.69) is 22.8 Å². The molecule has 0 radical (unpaired) electrons. The van der Waals surface area contributed by atoms with Gasteiger partial charge < -0.3 is 10.6 Å². The lowest BCUT2D eigenvalue weighted by atomic mass is 9.94. The number of carbonyl (C=O) groups is 1. The molecule has 1 aliphatic heterocycles. The summed E-state index contributed by atoms with van der Waals surface area (Å²) in [4.78, 5) is 10.9. The van der Waals surface area contributed by atoms with Crippen LogP contribution in [0.15, 0.2) is 12.2 Å². The first-order valence-electron chi connectivity index (χ1n) is 5.49. The lowest BCUT2D eigenvalue weighted by Gasteiger charge is -2.20. The quantitative estimate of drug-likeness (QED) is 0.653. The monoisotopic (exact) mass is 194 g/mol. The van der Waals surface area contributed by atoms with Crippen molar-refractivity contribution in [3.8, 4) is 0 Å². The third kappa shape index (κ3) is 2.58. The Balaban J connectivity index is 1.66. The zero-order valence-electron chi connectivity index (χ0n) is 8.46. The fourth-order valence-corrected chi connectivity index (χ4v) is 2.12. The van der Waals surface area contributed by atoms with E-state index >= 15 is 0 Å². The van der Waals surface area contributed by atoms with Crippen LogP contribution in [0.2, 0.25) is 0 Å². The molecule has 1 saturated heterocycles. The van der Waals surface area contributed by atoms with Gasteiger partial charge in [-0.25, -0.2) is 0 Å². The van der Waals surface area contributed by atoms with Gasteiger partial charge >= 0.3 is 0 Å². The number of nitrogens with one attached hydrogen (secondary N) is 2. The number of hydrogen-bond acceptors (Lipinski definition) is 2. The Morgan fingerprint density at radius 1 is 1.50 bits per heavy atom. The Hall–Kier alpha value is -0.830. The fraction of sp³-hybridized carbons (Fsp3) is 0.727. The summed E-state index contributed by atoms with van der Waals surface area (Å²) < 4.78 is 0. The molecule has 0 saturated carbocycles. The smallest absolute Gasteiger partial charge is 0.221 e. The number of hydrogen-bond donors (Lipinski definition) is 2. The molecule has 2 rings (SSSR count). The van der Waals surface area contributed by atoms with Gasteiger partial charge in [0, 0.05) is 19.0 Å². The van der Waals surface area contributed by atoms with Crippen molar-refractivity contribution in [1.82, 2.24) is 10.6 Å². The second-order valence-electron chi connectivity index (χ2n) is 4.26. The second kappa shape index (κ2) is 4.60. The lowest BCUT2D eigenvalue weighted by molar-refractivity contribution is -0.119. The summed E-state index contributed by atoms with van der Waals surface area (Å²) in [5.41, 5.74) is 0. The molecular weight excluding hydrogens is 176 g/mol. The van der Waals surface area contributed by atoms with Crippen molar-refractivity contribution in [2.75, 3.05) is 13.1 Å². The number of amides is 1. The average molecular weight is 194 g/mol. The van der Waals surface area contributed by atoms with Crippen LogP contribution in [-0.4, -0.2) is 25.0 Å². The predicted molar refractivity (Wildman–Crippen MR) is 55.9 cm³/mol. The SMILES string of the molecule is O=C1CC(NCC2CC=CCC2)CN1. The molecule has 0 aromatic carbocycles. The Kier molecular flexibility index (Phi) is 3.19. The summed E-state index contributed by atoms with van der Waals surface area (Å²) in [6.07, 6.45) is 8.89. The molecule has 0 bridgehead atoms. The van der Waals surface area contributed by atoms with Crippen LogP contribution in [0.5, 0.6) is 0 Å². The number of allylic oxidation sites excluding steroid dienone is 2. The van der Waals surface area contributed by atoms with Gasteiger partial charge in [-0.15, -0.1) is 0 Å². The molecule has 1 aliphatic carbocycles. The van der Waals surface area contributed by atoms with E-state index in [4.69, 9.17) is 0 Å². The van der Waals surface area contributed by atoms with Gasteiger partial charge in [0.25, 0.3) is 0 Å². The van der Waals surface area contributed by atoms with Crippen molar-refractivity contribution in [2.45, 2.75) is 31.7 Å². The van der Waals surface area contributed by atoms with Crippen LogP contribution in [0.4, 0.5) is 0 Å². The highest BCUT2D eigenvalue weighted by molar-refractivity contribution is 5.78. The van der Waals surface area contributed by atoms with Crippen LogP contribution < -0.4 is 10.6 Å². The predicted octanol–water partition coefficient (Wildman–Crippen LogP) is 0.821. The summed E-state index contributed by atoms with van der Waals surface area (Å²) in [6, 6.07) is 0.369. The molecule has 14 heavy (non-hydrogen) atoms. The van der Waals surface area contributed by atoms with Gasteiger partial charge in [-0.2, -0.15) is 0 Å². The van der Waals surface area contributed by atoms with Crippen molar-refractivity contribution in [3.63, 3.8) is 0 Å². The van der Waals surface area contributed by atoms with Crippen LogP contribution in [-0.2, 0) is 4.79 Å². The van der Waals surface area contributed by atoms with E-state index in [1.54, 1.807) is 0 Å². The topological polar surface area (TPSA) is 41.1 Å². The van der Waals surface area contributed by atoms with Gasteiger partial charge in [0.1, 0.15) is 0 Å². The molecule has 3 heteroatoms. The molecule has 1 fully saturated rings. The van der Waals surface area contributed by atoms with E-state index in [1.165, 1.54) is 19.3 Å². The van der Waals surface area contributed by atoms with Crippen molar-refractivity contribution in [3.05, 3.63) is 12.2 Å². The molecular formula is C11H18N2O. The van der Waals surface area contributed by atoms with Crippen LogP contribution >= 0.6 is 0 Å². The van der Waals surface area contributed by atoms with E-state index in [0.29, 0.717) is 12.5 Å². The van der Waals surface area contributed by atoms with E-state index in [-0.39, 0.29) is 5.91 Å². The fourth-order valence-electron chi connectivity index (χ4n) is 2.12. The van der Waals surface area contributed by atoms with E-state index < -0.39 is 0 Å². The molecule has 2 N–H and O–H groups in total. The number of carbonyl (C=O) groups excluding carboxylic acids is 1. The lowest BCUT2D eigenvalue weighted by Crippen LogP contribution is -2.35. The zero-order valence-corrected chi connectivity index (χ0v) is 8.46. The Morgan fingerprint density at radius 3 is 3.07 bits per heavy atom. The maximum Gasteiger partial charge on any atom is 0.221 e. The van der Waals surface area contributed by atoms with Crippen molar-refractivity contribution in [1.29, 1.82) is 0 Å². The summed E-state index contributed by atoms with van der Waals surface area (Å²) in [7, 11) is 0. The highest BCUT2D eigenvalue weighted by atomic mass is 16.1. The normalized spacial score (nSPS) is 31.9. The molecule has 2 unspecified atom stereocenters. The van der Waals surface area contributed by atoms with Crippen LogP contribution in [0.3, 0.4) is 0 Å². The summed E-state index contributed by atoms with van der Waals surface area (Å²) in [6.45, 7) is 1.87. The molecule has 0 spiro atoms. The highest BCUT2D eigenvalue weighted by Gasteiger charge is 2.21. The minimum absolute atomic E-state index is 0.186. The van der Waals surface area contributed by atoms with Gasteiger partial charge in [0.15, 0.2) is 0 Å². The third-order valence-corrected chi connectivity index (χ3v) is 3.05. The van der Waals surface area contributed by atoms with Crippen molar-refractivity contribution in [2.24, 2.45) is 5.92 Å². The third-order valence-electron chi connectivity index (χ3n) is 3.05. The van der Waals surface area contributed by atoms with Crippen LogP contribution in [0, 0.1) is 5.92 Å². The first kappa shape index (κ1) is 9.71. The van der Waals surface area contributed by atoms with Gasteiger partial charge in [0.05, 0.1) is 0 Å².